The van der Waals surface area contributed by atoms with E-state index in [9.17, 15) is 4.39 Å². The summed E-state index contributed by atoms with van der Waals surface area (Å²) < 4.78 is 19.9. The van der Waals surface area contributed by atoms with E-state index in [2.05, 4.69) is 25.9 Å². The Labute approximate surface area is 129 Å². The molecule has 1 aliphatic heterocycles. The van der Waals surface area contributed by atoms with E-state index < -0.39 is 6.17 Å². The highest BCUT2D eigenvalue weighted by Crippen LogP contribution is 2.29. The minimum atomic E-state index is -0.723. The summed E-state index contributed by atoms with van der Waals surface area (Å²) >= 11 is 3.46. The molecular formula is C15H13BrFN3O. The summed E-state index contributed by atoms with van der Waals surface area (Å²) in [6, 6.07) is 5.84. The quantitative estimate of drug-likeness (QED) is 0.707. The summed E-state index contributed by atoms with van der Waals surface area (Å²) in [5, 5.41) is 0.966. The molecule has 1 aliphatic rings. The minimum absolute atomic E-state index is 0.471. The maximum absolute atomic E-state index is 13.2. The second kappa shape index (κ2) is 5.03. The van der Waals surface area contributed by atoms with Crippen molar-refractivity contribution in [3.8, 4) is 0 Å². The average molecular weight is 350 g/mol. The molecule has 3 aromatic rings. The van der Waals surface area contributed by atoms with E-state index in [1.807, 2.05) is 23.1 Å². The zero-order chi connectivity index (χ0) is 14.4. The lowest BCUT2D eigenvalue weighted by Gasteiger charge is -2.12. The van der Waals surface area contributed by atoms with Gasteiger partial charge in [0.25, 0.3) is 0 Å². The van der Waals surface area contributed by atoms with E-state index >= 15 is 0 Å². The number of benzene rings is 1. The monoisotopic (exact) mass is 349 g/mol. The van der Waals surface area contributed by atoms with Gasteiger partial charge in [0.2, 0.25) is 0 Å². The van der Waals surface area contributed by atoms with Crippen LogP contribution in [-0.4, -0.2) is 34.1 Å². The number of rotatable bonds is 2. The molecule has 0 saturated carbocycles. The molecule has 108 valence electrons. The van der Waals surface area contributed by atoms with Gasteiger partial charge in [0.15, 0.2) is 5.58 Å². The van der Waals surface area contributed by atoms with Crippen molar-refractivity contribution in [3.63, 3.8) is 0 Å². The Kier molecular flexibility index (Phi) is 3.15. The van der Waals surface area contributed by atoms with E-state index in [-0.39, 0.29) is 0 Å². The Bertz CT molecular complexity index is 819. The van der Waals surface area contributed by atoms with Crippen LogP contribution in [0.25, 0.3) is 22.1 Å². The standard InChI is InChI=1S/C15H13BrFN3O/c16-9-1-2-12-11(5-9)15-13(21-12)6-18-14(19-15)8-20-4-3-10(17)7-20/h1-2,5-6,10H,3-4,7-8H2/t10-/m0/s1. The number of furan rings is 1. The van der Waals surface area contributed by atoms with Gasteiger partial charge >= 0.3 is 0 Å². The molecule has 1 aromatic carbocycles. The van der Waals surface area contributed by atoms with Crippen LogP contribution in [0.2, 0.25) is 0 Å². The third-order valence-electron chi connectivity index (χ3n) is 3.80. The average Bonchev–Trinajstić information content (AvgIpc) is 3.02. The van der Waals surface area contributed by atoms with Crippen LogP contribution in [0.5, 0.6) is 0 Å². The number of likely N-dealkylation sites (tertiary alicyclic amines) is 1. The first-order valence-electron chi connectivity index (χ1n) is 6.89. The summed E-state index contributed by atoms with van der Waals surface area (Å²) in [6.45, 7) is 1.82. The normalized spacial score (nSPS) is 19.8. The van der Waals surface area contributed by atoms with Crippen LogP contribution in [-0.2, 0) is 6.54 Å². The van der Waals surface area contributed by atoms with Crippen LogP contribution in [0, 0.1) is 0 Å². The molecule has 1 saturated heterocycles. The predicted molar refractivity (Wildman–Crippen MR) is 81.8 cm³/mol. The fraction of sp³-hybridized carbons (Fsp3) is 0.333. The summed E-state index contributed by atoms with van der Waals surface area (Å²) in [5.74, 6) is 0.708. The van der Waals surface area contributed by atoms with Gasteiger partial charge in [-0.2, -0.15) is 0 Å². The lowest BCUT2D eigenvalue weighted by molar-refractivity contribution is 0.278. The van der Waals surface area contributed by atoms with Gasteiger partial charge in [0.05, 0.1) is 12.7 Å². The molecule has 3 heterocycles. The molecule has 0 radical (unpaired) electrons. The van der Waals surface area contributed by atoms with E-state index in [4.69, 9.17) is 4.42 Å². The first-order chi connectivity index (χ1) is 10.2. The van der Waals surface area contributed by atoms with E-state index in [0.29, 0.717) is 30.9 Å². The molecule has 2 aromatic heterocycles. The predicted octanol–water partition coefficient (Wildman–Crippen LogP) is 3.68. The highest BCUT2D eigenvalue weighted by molar-refractivity contribution is 9.10. The van der Waals surface area contributed by atoms with Gasteiger partial charge in [0, 0.05) is 22.9 Å². The Morgan fingerprint density at radius 1 is 1.38 bits per heavy atom. The molecule has 4 nitrogen and oxygen atoms in total. The van der Waals surface area contributed by atoms with Crippen molar-refractivity contribution in [1.82, 2.24) is 14.9 Å². The van der Waals surface area contributed by atoms with Crippen molar-refractivity contribution < 1.29 is 8.81 Å². The summed E-state index contributed by atoms with van der Waals surface area (Å²) in [5.41, 5.74) is 2.29. The molecule has 0 N–H and O–H groups in total. The number of fused-ring (bicyclic) bond motifs is 3. The maximum atomic E-state index is 13.2. The molecule has 0 amide bonds. The lowest BCUT2D eigenvalue weighted by Crippen LogP contribution is -2.21. The molecule has 4 rings (SSSR count). The smallest absolute Gasteiger partial charge is 0.172 e. The Morgan fingerprint density at radius 3 is 3.10 bits per heavy atom. The summed E-state index contributed by atoms with van der Waals surface area (Å²) in [7, 11) is 0. The molecule has 21 heavy (non-hydrogen) atoms. The number of alkyl halides is 1. The molecule has 0 bridgehead atoms. The van der Waals surface area contributed by atoms with Crippen molar-refractivity contribution in [2.75, 3.05) is 13.1 Å². The largest absolute Gasteiger partial charge is 0.453 e. The summed E-state index contributed by atoms with van der Waals surface area (Å²) in [4.78, 5) is 11.0. The van der Waals surface area contributed by atoms with Crippen LogP contribution in [0.3, 0.4) is 0 Å². The van der Waals surface area contributed by atoms with E-state index in [1.54, 1.807) is 6.20 Å². The van der Waals surface area contributed by atoms with Crippen molar-refractivity contribution in [2.24, 2.45) is 0 Å². The highest BCUT2D eigenvalue weighted by Gasteiger charge is 2.22. The van der Waals surface area contributed by atoms with Gasteiger partial charge in [-0.05, 0) is 24.6 Å². The SMILES string of the molecule is F[C@H]1CCN(Cc2ncc3oc4ccc(Br)cc4c3n2)C1. The second-order valence-corrected chi connectivity index (χ2v) is 6.28. The lowest BCUT2D eigenvalue weighted by atomic mass is 10.2. The van der Waals surface area contributed by atoms with Crippen LogP contribution < -0.4 is 0 Å². The van der Waals surface area contributed by atoms with Crippen molar-refractivity contribution in [3.05, 3.63) is 34.7 Å². The molecule has 0 aliphatic carbocycles. The van der Waals surface area contributed by atoms with Crippen molar-refractivity contribution in [1.29, 1.82) is 0 Å². The van der Waals surface area contributed by atoms with Crippen molar-refractivity contribution in [2.45, 2.75) is 19.1 Å². The fourth-order valence-electron chi connectivity index (χ4n) is 2.77. The van der Waals surface area contributed by atoms with Gasteiger partial charge in [-0.25, -0.2) is 14.4 Å². The van der Waals surface area contributed by atoms with Gasteiger partial charge in [0.1, 0.15) is 23.1 Å². The van der Waals surface area contributed by atoms with Crippen LogP contribution in [0.1, 0.15) is 12.2 Å². The maximum Gasteiger partial charge on any atom is 0.172 e. The molecule has 6 heteroatoms. The summed E-state index contributed by atoms with van der Waals surface area (Å²) in [6.07, 6.45) is 1.58. The third-order valence-corrected chi connectivity index (χ3v) is 4.29. The Morgan fingerprint density at radius 2 is 2.29 bits per heavy atom. The molecule has 0 unspecified atom stereocenters. The molecule has 1 atom stereocenters. The number of hydrogen-bond donors (Lipinski definition) is 0. The van der Waals surface area contributed by atoms with Crippen molar-refractivity contribution >= 4 is 38.0 Å². The number of halogens is 2. The Balaban J connectivity index is 1.74. The van der Waals surface area contributed by atoms with Crippen LogP contribution in [0.15, 0.2) is 33.3 Å². The number of nitrogens with zero attached hydrogens (tertiary/aromatic N) is 3. The first-order valence-corrected chi connectivity index (χ1v) is 7.68. The minimum Gasteiger partial charge on any atom is -0.453 e. The van der Waals surface area contributed by atoms with Crippen LogP contribution in [0.4, 0.5) is 4.39 Å². The van der Waals surface area contributed by atoms with Gasteiger partial charge < -0.3 is 4.42 Å². The molecular weight excluding hydrogens is 337 g/mol. The third kappa shape index (κ3) is 2.42. The van der Waals surface area contributed by atoms with Gasteiger partial charge in [-0.3, -0.25) is 4.90 Å². The van der Waals surface area contributed by atoms with E-state index in [0.717, 1.165) is 27.5 Å². The fourth-order valence-corrected chi connectivity index (χ4v) is 3.14. The molecule has 0 spiro atoms. The van der Waals surface area contributed by atoms with Gasteiger partial charge in [-0.1, -0.05) is 15.9 Å². The Hall–Kier alpha value is -1.53. The number of aromatic nitrogens is 2. The molecule has 1 fully saturated rings. The van der Waals surface area contributed by atoms with Gasteiger partial charge in [-0.15, -0.1) is 0 Å². The second-order valence-electron chi connectivity index (χ2n) is 5.36. The first kappa shape index (κ1) is 13.2. The zero-order valence-corrected chi connectivity index (χ0v) is 12.8. The van der Waals surface area contributed by atoms with Crippen LogP contribution >= 0.6 is 15.9 Å². The highest BCUT2D eigenvalue weighted by atomic mass is 79.9. The van der Waals surface area contributed by atoms with E-state index in [1.165, 1.54) is 0 Å². The zero-order valence-electron chi connectivity index (χ0n) is 11.2. The topological polar surface area (TPSA) is 42.2 Å². The number of hydrogen-bond acceptors (Lipinski definition) is 4.